The molecule has 0 bridgehead atoms. The summed E-state index contributed by atoms with van der Waals surface area (Å²) in [7, 11) is 0. The van der Waals surface area contributed by atoms with Crippen LogP contribution in [0.5, 0.6) is 0 Å². The Morgan fingerprint density at radius 2 is 1.42 bits per heavy atom. The van der Waals surface area contributed by atoms with Crippen LogP contribution < -0.4 is 5.56 Å². The van der Waals surface area contributed by atoms with Gasteiger partial charge in [-0.15, -0.1) is 0 Å². The molecule has 0 radical (unpaired) electrons. The Hall–Kier alpha value is -3.73. The molecular weight excluding hydrogens is 386 g/mol. The minimum Gasteiger partial charge on any atom is -0.336 e. The maximum absolute atomic E-state index is 13.3. The Kier molecular flexibility index (Phi) is 6.22. The first kappa shape index (κ1) is 20.5. The van der Waals surface area contributed by atoms with Gasteiger partial charge in [-0.2, -0.15) is 5.10 Å². The van der Waals surface area contributed by atoms with Crippen molar-refractivity contribution in [1.29, 1.82) is 0 Å². The fourth-order valence-electron chi connectivity index (χ4n) is 3.74. The number of carbonyl (C=O) groups is 1. The Bertz CT molecular complexity index is 1230. The first-order chi connectivity index (χ1) is 15.1. The predicted octanol–water partition coefficient (Wildman–Crippen LogP) is 3.98. The molecule has 0 aliphatic heterocycles. The number of hydrogen-bond donors (Lipinski definition) is 0. The largest absolute Gasteiger partial charge is 0.336 e. The molecule has 0 atom stereocenters. The summed E-state index contributed by atoms with van der Waals surface area (Å²) in [6.45, 7) is 2.85. The summed E-state index contributed by atoms with van der Waals surface area (Å²) in [6.07, 6.45) is 0.749. The third-order valence-corrected chi connectivity index (χ3v) is 5.42. The SMILES string of the molecule is Cc1nn(CC(=O)N(CCc2ccccc2)Cc2ccccc2)c(=O)c2ccccc12. The second-order valence-electron chi connectivity index (χ2n) is 7.63. The Morgan fingerprint density at radius 1 is 0.839 bits per heavy atom. The zero-order valence-corrected chi connectivity index (χ0v) is 17.6. The van der Waals surface area contributed by atoms with Gasteiger partial charge in [0.15, 0.2) is 0 Å². The van der Waals surface area contributed by atoms with Crippen molar-refractivity contribution >= 4 is 16.7 Å². The van der Waals surface area contributed by atoms with E-state index >= 15 is 0 Å². The van der Waals surface area contributed by atoms with Gasteiger partial charge in [0.2, 0.25) is 5.91 Å². The smallest absolute Gasteiger partial charge is 0.275 e. The molecule has 0 spiro atoms. The number of amides is 1. The van der Waals surface area contributed by atoms with Crippen LogP contribution in [0.25, 0.3) is 10.8 Å². The van der Waals surface area contributed by atoms with Gasteiger partial charge < -0.3 is 4.90 Å². The number of nitrogens with zero attached hydrogens (tertiary/aromatic N) is 3. The van der Waals surface area contributed by atoms with Gasteiger partial charge in [-0.3, -0.25) is 9.59 Å². The molecular formula is C26H25N3O2. The van der Waals surface area contributed by atoms with E-state index in [1.165, 1.54) is 10.2 Å². The summed E-state index contributed by atoms with van der Waals surface area (Å²) in [6, 6.07) is 27.4. The molecule has 0 aliphatic carbocycles. The summed E-state index contributed by atoms with van der Waals surface area (Å²) >= 11 is 0. The minimum atomic E-state index is -0.239. The standard InChI is InChI=1S/C26H25N3O2/c1-20-23-14-8-9-15-24(23)26(31)29(27-20)19-25(30)28(18-22-12-6-3-7-13-22)17-16-21-10-4-2-5-11-21/h2-15H,16-19H2,1H3. The highest BCUT2D eigenvalue weighted by atomic mass is 16.2. The average Bonchev–Trinajstić information content (AvgIpc) is 2.81. The number of aryl methyl sites for hydroxylation is 1. The molecule has 0 aliphatic rings. The lowest BCUT2D eigenvalue weighted by Gasteiger charge is -2.23. The van der Waals surface area contributed by atoms with Crippen molar-refractivity contribution in [2.75, 3.05) is 6.54 Å². The second kappa shape index (κ2) is 9.39. The molecule has 4 aromatic rings. The van der Waals surface area contributed by atoms with Crippen LogP contribution in [0.2, 0.25) is 0 Å². The van der Waals surface area contributed by atoms with Gasteiger partial charge in [0.1, 0.15) is 6.54 Å². The Balaban J connectivity index is 1.58. The first-order valence-corrected chi connectivity index (χ1v) is 10.4. The summed E-state index contributed by atoms with van der Waals surface area (Å²) in [5.41, 5.74) is 2.73. The molecule has 31 heavy (non-hydrogen) atoms. The van der Waals surface area contributed by atoms with Crippen molar-refractivity contribution in [2.45, 2.75) is 26.4 Å². The van der Waals surface area contributed by atoms with E-state index in [4.69, 9.17) is 0 Å². The molecule has 0 saturated heterocycles. The minimum absolute atomic E-state index is 0.0773. The summed E-state index contributed by atoms with van der Waals surface area (Å²) in [5, 5.41) is 5.81. The highest BCUT2D eigenvalue weighted by molar-refractivity contribution is 5.83. The maximum Gasteiger partial charge on any atom is 0.275 e. The van der Waals surface area contributed by atoms with E-state index < -0.39 is 0 Å². The lowest BCUT2D eigenvalue weighted by atomic mass is 10.1. The topological polar surface area (TPSA) is 55.2 Å². The van der Waals surface area contributed by atoms with E-state index in [2.05, 4.69) is 17.2 Å². The maximum atomic E-state index is 13.3. The molecule has 1 heterocycles. The third-order valence-electron chi connectivity index (χ3n) is 5.42. The van der Waals surface area contributed by atoms with Gasteiger partial charge in [0, 0.05) is 18.5 Å². The summed E-state index contributed by atoms with van der Waals surface area (Å²) < 4.78 is 1.29. The molecule has 1 amide bonds. The van der Waals surface area contributed by atoms with Gasteiger partial charge in [-0.25, -0.2) is 4.68 Å². The van der Waals surface area contributed by atoms with Crippen LogP contribution in [0, 0.1) is 6.92 Å². The predicted molar refractivity (Wildman–Crippen MR) is 123 cm³/mol. The van der Waals surface area contributed by atoms with Crippen molar-refractivity contribution in [1.82, 2.24) is 14.7 Å². The Morgan fingerprint density at radius 3 is 2.10 bits per heavy atom. The second-order valence-corrected chi connectivity index (χ2v) is 7.63. The van der Waals surface area contributed by atoms with Gasteiger partial charge in [0.05, 0.1) is 11.1 Å². The highest BCUT2D eigenvalue weighted by Crippen LogP contribution is 2.13. The number of rotatable bonds is 7. The number of benzene rings is 3. The molecule has 0 unspecified atom stereocenters. The molecule has 0 N–H and O–H groups in total. The van der Waals surface area contributed by atoms with E-state index in [0.717, 1.165) is 23.1 Å². The van der Waals surface area contributed by atoms with Crippen LogP contribution in [0.1, 0.15) is 16.8 Å². The zero-order chi connectivity index (χ0) is 21.6. The van der Waals surface area contributed by atoms with Gasteiger partial charge in [-0.1, -0.05) is 78.9 Å². The van der Waals surface area contributed by atoms with Crippen LogP contribution in [0.3, 0.4) is 0 Å². The molecule has 3 aromatic carbocycles. The zero-order valence-electron chi connectivity index (χ0n) is 17.6. The monoisotopic (exact) mass is 411 g/mol. The lowest BCUT2D eigenvalue weighted by molar-refractivity contribution is -0.132. The number of aromatic nitrogens is 2. The first-order valence-electron chi connectivity index (χ1n) is 10.4. The van der Waals surface area contributed by atoms with Crippen LogP contribution in [-0.2, 0) is 24.3 Å². The van der Waals surface area contributed by atoms with Crippen molar-refractivity contribution in [2.24, 2.45) is 0 Å². The van der Waals surface area contributed by atoms with E-state index in [9.17, 15) is 9.59 Å². The molecule has 156 valence electrons. The molecule has 5 nitrogen and oxygen atoms in total. The quantitative estimate of drug-likeness (QED) is 0.462. The van der Waals surface area contributed by atoms with Crippen LogP contribution in [0.15, 0.2) is 89.7 Å². The van der Waals surface area contributed by atoms with E-state index in [1.807, 2.05) is 73.7 Å². The summed E-state index contributed by atoms with van der Waals surface area (Å²) in [4.78, 5) is 28.0. The van der Waals surface area contributed by atoms with E-state index in [-0.39, 0.29) is 18.0 Å². The van der Waals surface area contributed by atoms with Crippen molar-refractivity contribution in [3.63, 3.8) is 0 Å². The Labute approximate surface area is 181 Å². The fraction of sp³-hybridized carbons (Fsp3) is 0.192. The normalized spacial score (nSPS) is 10.9. The molecule has 1 aromatic heterocycles. The van der Waals surface area contributed by atoms with E-state index in [1.54, 1.807) is 11.0 Å². The highest BCUT2D eigenvalue weighted by Gasteiger charge is 2.17. The van der Waals surface area contributed by atoms with E-state index in [0.29, 0.717) is 18.5 Å². The lowest BCUT2D eigenvalue weighted by Crippen LogP contribution is -2.38. The number of carbonyl (C=O) groups excluding carboxylic acids is 1. The van der Waals surface area contributed by atoms with Crippen LogP contribution in [-0.4, -0.2) is 27.1 Å². The van der Waals surface area contributed by atoms with Gasteiger partial charge in [0.25, 0.3) is 5.56 Å². The van der Waals surface area contributed by atoms with Gasteiger partial charge >= 0.3 is 0 Å². The van der Waals surface area contributed by atoms with Crippen molar-refractivity contribution in [3.8, 4) is 0 Å². The summed E-state index contributed by atoms with van der Waals surface area (Å²) in [5.74, 6) is -0.121. The van der Waals surface area contributed by atoms with Crippen LogP contribution in [0.4, 0.5) is 0 Å². The number of hydrogen-bond acceptors (Lipinski definition) is 3. The molecule has 0 saturated carbocycles. The van der Waals surface area contributed by atoms with Crippen molar-refractivity contribution in [3.05, 3.63) is 112 Å². The third kappa shape index (κ3) is 4.89. The van der Waals surface area contributed by atoms with Gasteiger partial charge in [-0.05, 0) is 30.5 Å². The average molecular weight is 412 g/mol. The number of fused-ring (bicyclic) bond motifs is 1. The molecule has 5 heteroatoms. The van der Waals surface area contributed by atoms with Crippen molar-refractivity contribution < 1.29 is 4.79 Å². The molecule has 4 rings (SSSR count). The molecule has 0 fully saturated rings. The van der Waals surface area contributed by atoms with Crippen LogP contribution >= 0.6 is 0 Å². The fourth-order valence-corrected chi connectivity index (χ4v) is 3.74.